The molecule has 0 unspecified atom stereocenters. The van der Waals surface area contributed by atoms with Crippen LogP contribution in [-0.2, 0) is 14.3 Å². The predicted octanol–water partition coefficient (Wildman–Crippen LogP) is 4.30. The lowest BCUT2D eigenvalue weighted by Gasteiger charge is -2.60. The van der Waals surface area contributed by atoms with Gasteiger partial charge in [-0.25, -0.2) is 9.59 Å². The number of carbonyl (C=O) groups is 3. The van der Waals surface area contributed by atoms with Crippen LogP contribution < -0.4 is 5.32 Å². The van der Waals surface area contributed by atoms with Crippen LogP contribution in [-0.4, -0.2) is 52.7 Å². The van der Waals surface area contributed by atoms with Gasteiger partial charge in [0.1, 0.15) is 18.2 Å². The fourth-order valence-electron chi connectivity index (χ4n) is 6.92. The fraction of sp³-hybridized carbons (Fsp3) is 0.464. The largest absolute Gasteiger partial charge is 0.480 e. The minimum atomic E-state index is -1.07. The number of fused-ring (bicyclic) bond motifs is 3. The Bertz CT molecular complexity index is 1150. The molecule has 2 N–H and O–H groups in total. The Kier molecular flexibility index (Phi) is 5.13. The first-order valence-electron chi connectivity index (χ1n) is 12.6. The molecular formula is C28H30N2O5. The smallest absolute Gasteiger partial charge is 0.408 e. The van der Waals surface area contributed by atoms with Crippen LogP contribution >= 0.6 is 0 Å². The molecule has 3 aliphatic carbocycles. The van der Waals surface area contributed by atoms with Crippen molar-refractivity contribution in [2.75, 3.05) is 13.2 Å². The Morgan fingerprint density at radius 3 is 2.17 bits per heavy atom. The molecule has 2 saturated carbocycles. The summed E-state index contributed by atoms with van der Waals surface area (Å²) >= 11 is 0. The van der Waals surface area contributed by atoms with E-state index in [-0.39, 0.29) is 23.8 Å². The number of rotatable bonds is 5. The Hall–Kier alpha value is -3.35. The van der Waals surface area contributed by atoms with Crippen LogP contribution in [0.15, 0.2) is 48.5 Å². The Labute approximate surface area is 204 Å². The lowest BCUT2D eigenvalue weighted by Crippen LogP contribution is -2.71. The normalized spacial score (nSPS) is 23.1. The average molecular weight is 475 g/mol. The Morgan fingerprint density at radius 2 is 1.60 bits per heavy atom. The van der Waals surface area contributed by atoms with Gasteiger partial charge in [-0.3, -0.25) is 4.79 Å². The number of aliphatic carboxylic acids is 1. The van der Waals surface area contributed by atoms with Gasteiger partial charge >= 0.3 is 12.1 Å². The van der Waals surface area contributed by atoms with E-state index in [0.717, 1.165) is 41.5 Å². The SMILES string of the molecule is O=C(NC1(C(=O)N2CCC[C@H]2C(=O)O)CC2(CCC2)C1)OCC1c2ccccc2-c2ccccc21. The molecule has 3 fully saturated rings. The van der Waals surface area contributed by atoms with E-state index in [1.54, 1.807) is 0 Å². The van der Waals surface area contributed by atoms with Gasteiger partial charge in [-0.15, -0.1) is 0 Å². The molecule has 2 aromatic rings. The molecule has 0 bridgehead atoms. The van der Waals surface area contributed by atoms with E-state index in [1.165, 1.54) is 4.90 Å². The van der Waals surface area contributed by atoms with E-state index in [0.29, 0.717) is 32.2 Å². The van der Waals surface area contributed by atoms with Gasteiger partial charge in [-0.1, -0.05) is 55.0 Å². The summed E-state index contributed by atoms with van der Waals surface area (Å²) in [5.41, 5.74) is 3.61. The highest BCUT2D eigenvalue weighted by Gasteiger charge is 2.63. The number of carboxylic acids is 1. The summed E-state index contributed by atoms with van der Waals surface area (Å²) in [5.74, 6) is -1.31. The quantitative estimate of drug-likeness (QED) is 0.674. The van der Waals surface area contributed by atoms with Crippen LogP contribution in [0.3, 0.4) is 0 Å². The number of ether oxygens (including phenoxy) is 1. The van der Waals surface area contributed by atoms with Gasteiger partial charge in [0, 0.05) is 12.5 Å². The maximum Gasteiger partial charge on any atom is 0.408 e. The van der Waals surface area contributed by atoms with Crippen molar-refractivity contribution in [2.24, 2.45) is 5.41 Å². The van der Waals surface area contributed by atoms with Crippen molar-refractivity contribution in [2.45, 2.75) is 62.4 Å². The summed E-state index contributed by atoms with van der Waals surface area (Å²) in [6.07, 6.45) is 4.87. The number of hydrogen-bond donors (Lipinski definition) is 2. The molecule has 7 heteroatoms. The number of carbonyl (C=O) groups excluding carboxylic acids is 2. The minimum Gasteiger partial charge on any atom is -0.480 e. The first-order valence-corrected chi connectivity index (χ1v) is 12.6. The number of benzene rings is 2. The molecule has 7 nitrogen and oxygen atoms in total. The summed E-state index contributed by atoms with van der Waals surface area (Å²) in [6, 6.07) is 15.5. The first kappa shape index (κ1) is 22.1. The van der Waals surface area contributed by atoms with Crippen molar-refractivity contribution in [3.05, 3.63) is 59.7 Å². The molecular weight excluding hydrogens is 444 g/mol. The lowest BCUT2D eigenvalue weighted by atomic mass is 9.48. The fourth-order valence-corrected chi connectivity index (χ4v) is 6.92. The molecule has 1 atom stereocenters. The minimum absolute atomic E-state index is 0.0610. The lowest BCUT2D eigenvalue weighted by molar-refractivity contribution is -0.161. The third kappa shape index (κ3) is 3.51. The third-order valence-electron chi connectivity index (χ3n) is 8.66. The van der Waals surface area contributed by atoms with Crippen LogP contribution in [0.4, 0.5) is 4.79 Å². The maximum absolute atomic E-state index is 13.6. The van der Waals surface area contributed by atoms with Crippen molar-refractivity contribution >= 4 is 18.0 Å². The zero-order valence-electron chi connectivity index (χ0n) is 19.7. The zero-order valence-corrected chi connectivity index (χ0v) is 19.7. The number of amides is 2. The van der Waals surface area contributed by atoms with Gasteiger partial charge in [0.25, 0.3) is 0 Å². The molecule has 4 aliphatic rings. The Balaban J connectivity index is 1.18. The second-order valence-corrected chi connectivity index (χ2v) is 10.7. The van der Waals surface area contributed by atoms with E-state index in [4.69, 9.17) is 4.74 Å². The summed E-state index contributed by atoms with van der Waals surface area (Å²) in [5, 5.41) is 12.5. The van der Waals surface area contributed by atoms with E-state index < -0.39 is 23.6 Å². The molecule has 6 rings (SSSR count). The third-order valence-corrected chi connectivity index (χ3v) is 8.66. The molecule has 1 saturated heterocycles. The Morgan fingerprint density at radius 1 is 0.971 bits per heavy atom. The van der Waals surface area contributed by atoms with E-state index in [2.05, 4.69) is 29.6 Å². The standard InChI is InChI=1S/C28H30N2O5/c31-24(32)23-11-5-14-30(23)25(33)28(16-27(17-28)12-6-13-27)29-26(34)35-15-22-20-9-3-1-7-18(20)19-8-2-4-10-21(19)22/h1-4,7-10,22-23H,5-6,11-17H2,(H,29,34)(H,31,32)/t23-/m0/s1. The van der Waals surface area contributed by atoms with Crippen molar-refractivity contribution in [1.82, 2.24) is 10.2 Å². The van der Waals surface area contributed by atoms with Crippen LogP contribution in [0.1, 0.15) is 62.0 Å². The molecule has 1 aliphatic heterocycles. The first-order chi connectivity index (χ1) is 16.9. The summed E-state index contributed by atoms with van der Waals surface area (Å²) in [6.45, 7) is 0.591. The second-order valence-electron chi connectivity index (χ2n) is 10.7. The maximum atomic E-state index is 13.6. The van der Waals surface area contributed by atoms with E-state index in [1.807, 2.05) is 24.3 Å². The molecule has 2 amide bonds. The highest BCUT2D eigenvalue weighted by atomic mass is 16.5. The molecule has 1 heterocycles. The number of alkyl carbamates (subject to hydrolysis) is 1. The highest BCUT2D eigenvalue weighted by molar-refractivity contribution is 5.94. The van der Waals surface area contributed by atoms with Crippen molar-refractivity contribution in [3.63, 3.8) is 0 Å². The van der Waals surface area contributed by atoms with Crippen molar-refractivity contribution in [1.29, 1.82) is 0 Å². The van der Waals surface area contributed by atoms with Crippen LogP contribution in [0, 0.1) is 5.41 Å². The summed E-state index contributed by atoms with van der Waals surface area (Å²) < 4.78 is 5.74. The summed E-state index contributed by atoms with van der Waals surface area (Å²) in [7, 11) is 0. The molecule has 2 aromatic carbocycles. The molecule has 0 aromatic heterocycles. The highest BCUT2D eigenvalue weighted by Crippen LogP contribution is 2.61. The zero-order chi connectivity index (χ0) is 24.2. The number of likely N-dealkylation sites (tertiary alicyclic amines) is 1. The van der Waals surface area contributed by atoms with Crippen LogP contribution in [0.5, 0.6) is 0 Å². The second kappa shape index (κ2) is 8.11. The molecule has 182 valence electrons. The van der Waals surface area contributed by atoms with Gasteiger partial charge in [-0.05, 0) is 66.2 Å². The van der Waals surface area contributed by atoms with Gasteiger partial charge < -0.3 is 20.1 Å². The monoisotopic (exact) mass is 474 g/mol. The van der Waals surface area contributed by atoms with Crippen molar-refractivity contribution < 1.29 is 24.2 Å². The number of nitrogens with one attached hydrogen (secondary N) is 1. The average Bonchev–Trinajstić information content (AvgIpc) is 3.42. The number of carboxylic acid groups (broad SMARTS) is 1. The van der Waals surface area contributed by atoms with Gasteiger partial charge in [0.05, 0.1) is 0 Å². The molecule has 35 heavy (non-hydrogen) atoms. The van der Waals surface area contributed by atoms with E-state index in [9.17, 15) is 19.5 Å². The topological polar surface area (TPSA) is 95.9 Å². The van der Waals surface area contributed by atoms with Gasteiger partial charge in [0.2, 0.25) is 5.91 Å². The van der Waals surface area contributed by atoms with E-state index >= 15 is 0 Å². The van der Waals surface area contributed by atoms with Gasteiger partial charge in [-0.2, -0.15) is 0 Å². The number of hydrogen-bond acceptors (Lipinski definition) is 4. The van der Waals surface area contributed by atoms with Crippen LogP contribution in [0.25, 0.3) is 11.1 Å². The van der Waals surface area contributed by atoms with Crippen LogP contribution in [0.2, 0.25) is 0 Å². The predicted molar refractivity (Wildman–Crippen MR) is 129 cm³/mol. The van der Waals surface area contributed by atoms with Crippen molar-refractivity contribution in [3.8, 4) is 11.1 Å². The van der Waals surface area contributed by atoms with Gasteiger partial charge in [0.15, 0.2) is 0 Å². The number of nitrogens with zero attached hydrogens (tertiary/aromatic N) is 1. The molecule has 0 radical (unpaired) electrons. The summed E-state index contributed by atoms with van der Waals surface area (Å²) in [4.78, 5) is 39.8. The molecule has 1 spiro atoms.